The van der Waals surface area contributed by atoms with Crippen LogP contribution in [-0.4, -0.2) is 23.6 Å². The zero-order valence-electron chi connectivity index (χ0n) is 7.85. The lowest BCUT2D eigenvalue weighted by Gasteiger charge is -2.12. The van der Waals surface area contributed by atoms with Crippen LogP contribution in [0.1, 0.15) is 25.6 Å². The highest BCUT2D eigenvalue weighted by Crippen LogP contribution is 2.17. The molecular weight excluding hydrogens is 224 g/mol. The van der Waals surface area contributed by atoms with Gasteiger partial charge in [-0.1, -0.05) is 18.5 Å². The van der Waals surface area contributed by atoms with Crippen LogP contribution in [0.4, 0.5) is 0 Å². The predicted molar refractivity (Wildman–Crippen MR) is 55.2 cm³/mol. The Hall–Kier alpha value is -0.680. The number of hydrogen-bond donors (Lipinski definition) is 1. The predicted octanol–water partition coefficient (Wildman–Crippen LogP) is 1.23. The molecule has 0 bridgehead atoms. The fraction of sp³-hybridized carbons (Fsp3) is 0.500. The standard InChI is InChI=1S/C8H11ClN2O2S/c1-5(6(2)14(12)13)8-10-3-7(9)4-11-8/h3-6,14H,1-2H3/t5-,6-/m0/s1. The summed E-state index contributed by atoms with van der Waals surface area (Å²) in [5, 5.41) is -0.0220. The highest BCUT2D eigenvalue weighted by atomic mass is 35.5. The molecule has 0 unspecified atom stereocenters. The van der Waals surface area contributed by atoms with Crippen molar-refractivity contribution in [3.8, 4) is 0 Å². The molecule has 2 atom stereocenters. The van der Waals surface area contributed by atoms with Crippen molar-refractivity contribution in [3.63, 3.8) is 0 Å². The molecule has 0 aromatic carbocycles. The van der Waals surface area contributed by atoms with Crippen molar-refractivity contribution < 1.29 is 8.42 Å². The average Bonchev–Trinajstić information content (AvgIpc) is 2.16. The fourth-order valence-electron chi connectivity index (χ4n) is 0.956. The second-order valence-electron chi connectivity index (χ2n) is 3.07. The molecule has 1 rings (SSSR count). The van der Waals surface area contributed by atoms with Gasteiger partial charge in [-0.2, -0.15) is 0 Å². The second-order valence-corrected chi connectivity index (χ2v) is 4.90. The number of rotatable bonds is 3. The molecule has 0 fully saturated rings. The minimum Gasteiger partial charge on any atom is -0.239 e. The van der Waals surface area contributed by atoms with Crippen LogP contribution in [0.15, 0.2) is 12.4 Å². The monoisotopic (exact) mass is 234 g/mol. The van der Waals surface area contributed by atoms with Crippen LogP contribution in [0.5, 0.6) is 0 Å². The van der Waals surface area contributed by atoms with E-state index < -0.39 is 16.0 Å². The van der Waals surface area contributed by atoms with Gasteiger partial charge in [0.1, 0.15) is 16.5 Å². The van der Waals surface area contributed by atoms with Crippen molar-refractivity contribution in [2.45, 2.75) is 25.0 Å². The molecule has 0 radical (unpaired) electrons. The Morgan fingerprint density at radius 1 is 1.29 bits per heavy atom. The molecule has 0 saturated heterocycles. The summed E-state index contributed by atoms with van der Waals surface area (Å²) in [5.74, 6) is 0.287. The SMILES string of the molecule is C[C@H](c1ncc(Cl)cn1)[C@H](C)[SH](=O)=O. The van der Waals surface area contributed by atoms with E-state index in [4.69, 9.17) is 11.6 Å². The van der Waals surface area contributed by atoms with Crippen LogP contribution in [0.2, 0.25) is 5.02 Å². The molecule has 1 aromatic heterocycles. The summed E-state index contributed by atoms with van der Waals surface area (Å²) >= 11 is 5.61. The van der Waals surface area contributed by atoms with Gasteiger partial charge in [-0.25, -0.2) is 18.4 Å². The summed E-state index contributed by atoms with van der Waals surface area (Å²) in [4.78, 5) is 7.94. The van der Waals surface area contributed by atoms with Gasteiger partial charge in [0.05, 0.1) is 10.3 Å². The third kappa shape index (κ3) is 2.65. The smallest absolute Gasteiger partial charge is 0.143 e. The normalized spacial score (nSPS) is 15.4. The lowest BCUT2D eigenvalue weighted by molar-refractivity contribution is 0.582. The molecule has 78 valence electrons. The third-order valence-corrected chi connectivity index (χ3v) is 3.41. The lowest BCUT2D eigenvalue weighted by Crippen LogP contribution is -2.16. The molecule has 1 heterocycles. The summed E-state index contributed by atoms with van der Waals surface area (Å²) in [6.45, 7) is 3.41. The number of thiol groups is 1. The molecular formula is C8H11ClN2O2S. The number of halogens is 1. The first-order chi connectivity index (χ1) is 6.52. The van der Waals surface area contributed by atoms with Crippen LogP contribution in [0.3, 0.4) is 0 Å². The summed E-state index contributed by atoms with van der Waals surface area (Å²) in [6.07, 6.45) is 2.93. The van der Waals surface area contributed by atoms with Crippen molar-refractivity contribution in [2.75, 3.05) is 0 Å². The zero-order chi connectivity index (χ0) is 10.7. The maximum absolute atomic E-state index is 10.7. The summed E-state index contributed by atoms with van der Waals surface area (Å²) in [7, 11) is -2.45. The molecule has 0 amide bonds. The molecule has 6 heteroatoms. The van der Waals surface area contributed by atoms with Gasteiger partial charge < -0.3 is 0 Å². The topological polar surface area (TPSA) is 59.9 Å². The Morgan fingerprint density at radius 2 is 1.79 bits per heavy atom. The quantitative estimate of drug-likeness (QED) is 0.800. The number of nitrogens with zero attached hydrogens (tertiary/aromatic N) is 2. The van der Waals surface area contributed by atoms with Gasteiger partial charge in [0, 0.05) is 18.3 Å². The van der Waals surface area contributed by atoms with Crippen molar-refractivity contribution in [2.24, 2.45) is 0 Å². The molecule has 0 aliphatic carbocycles. The van der Waals surface area contributed by atoms with Gasteiger partial charge >= 0.3 is 0 Å². The molecule has 0 N–H and O–H groups in total. The van der Waals surface area contributed by atoms with E-state index in [0.29, 0.717) is 10.8 Å². The van der Waals surface area contributed by atoms with Crippen molar-refractivity contribution >= 4 is 22.3 Å². The van der Waals surface area contributed by atoms with E-state index in [2.05, 4.69) is 9.97 Å². The van der Waals surface area contributed by atoms with Crippen molar-refractivity contribution in [3.05, 3.63) is 23.2 Å². The van der Waals surface area contributed by atoms with E-state index in [-0.39, 0.29) is 5.92 Å². The molecule has 0 saturated carbocycles. The van der Waals surface area contributed by atoms with Crippen LogP contribution < -0.4 is 0 Å². The minimum absolute atomic E-state index is 0.214. The number of aromatic nitrogens is 2. The highest BCUT2D eigenvalue weighted by molar-refractivity contribution is 7.73. The molecule has 0 aliphatic heterocycles. The van der Waals surface area contributed by atoms with Gasteiger partial charge in [-0.3, -0.25) is 0 Å². The molecule has 14 heavy (non-hydrogen) atoms. The number of hydrogen-bond acceptors (Lipinski definition) is 4. The van der Waals surface area contributed by atoms with E-state index in [0.717, 1.165) is 0 Å². The van der Waals surface area contributed by atoms with Crippen LogP contribution in [-0.2, 0) is 10.7 Å². The van der Waals surface area contributed by atoms with Crippen LogP contribution in [0.25, 0.3) is 0 Å². The zero-order valence-corrected chi connectivity index (χ0v) is 9.50. The van der Waals surface area contributed by atoms with E-state index in [1.165, 1.54) is 12.4 Å². The van der Waals surface area contributed by atoms with Crippen molar-refractivity contribution in [1.82, 2.24) is 9.97 Å². The summed E-state index contributed by atoms with van der Waals surface area (Å²) in [6, 6.07) is 0. The van der Waals surface area contributed by atoms with Gasteiger partial charge in [0.2, 0.25) is 0 Å². The minimum atomic E-state index is -2.45. The van der Waals surface area contributed by atoms with E-state index in [1.807, 2.05) is 0 Å². The van der Waals surface area contributed by atoms with Gasteiger partial charge in [-0.05, 0) is 6.92 Å². The Bertz CT molecular complexity index is 369. The highest BCUT2D eigenvalue weighted by Gasteiger charge is 2.18. The first-order valence-electron chi connectivity index (χ1n) is 4.13. The van der Waals surface area contributed by atoms with E-state index in [1.54, 1.807) is 13.8 Å². The summed E-state index contributed by atoms with van der Waals surface area (Å²) < 4.78 is 21.5. The Labute approximate surface area is 89.3 Å². The maximum Gasteiger partial charge on any atom is 0.143 e. The first-order valence-corrected chi connectivity index (χ1v) is 5.75. The Kier molecular flexibility index (Phi) is 3.83. The fourth-order valence-corrected chi connectivity index (χ4v) is 1.55. The van der Waals surface area contributed by atoms with Crippen LogP contribution in [0, 0.1) is 0 Å². The van der Waals surface area contributed by atoms with E-state index >= 15 is 0 Å². The van der Waals surface area contributed by atoms with E-state index in [9.17, 15) is 8.42 Å². The van der Waals surface area contributed by atoms with Gasteiger partial charge in [0.15, 0.2) is 0 Å². The van der Waals surface area contributed by atoms with Gasteiger partial charge in [-0.15, -0.1) is 0 Å². The third-order valence-electron chi connectivity index (χ3n) is 2.10. The molecule has 4 nitrogen and oxygen atoms in total. The first kappa shape index (κ1) is 11.4. The lowest BCUT2D eigenvalue weighted by atomic mass is 10.1. The molecule has 0 aliphatic rings. The summed E-state index contributed by atoms with van der Waals surface area (Å²) in [5.41, 5.74) is 0. The average molecular weight is 235 g/mol. The second kappa shape index (κ2) is 4.70. The molecule has 0 spiro atoms. The molecule has 1 aromatic rings. The van der Waals surface area contributed by atoms with Crippen molar-refractivity contribution in [1.29, 1.82) is 0 Å². The Morgan fingerprint density at radius 3 is 2.21 bits per heavy atom. The maximum atomic E-state index is 10.7. The Balaban J connectivity index is 2.89. The largest absolute Gasteiger partial charge is 0.239 e. The van der Waals surface area contributed by atoms with Gasteiger partial charge in [0.25, 0.3) is 0 Å². The van der Waals surface area contributed by atoms with Crippen LogP contribution >= 0.6 is 11.6 Å².